The van der Waals surface area contributed by atoms with E-state index in [0.29, 0.717) is 0 Å². The van der Waals surface area contributed by atoms with Gasteiger partial charge in [0.15, 0.2) is 9.84 Å². The second-order valence-corrected chi connectivity index (χ2v) is 7.09. The van der Waals surface area contributed by atoms with Gasteiger partial charge in [-0.15, -0.1) is 0 Å². The van der Waals surface area contributed by atoms with E-state index in [1.807, 2.05) is 6.07 Å². The minimum Gasteiger partial charge on any atom is -0.393 e. The van der Waals surface area contributed by atoms with Crippen LogP contribution in [-0.2, 0) is 14.6 Å². The van der Waals surface area contributed by atoms with Crippen LogP contribution in [0.2, 0.25) is 0 Å². The number of hydrogen-bond donors (Lipinski definition) is 1. The van der Waals surface area contributed by atoms with Crippen LogP contribution in [0.15, 0.2) is 47.4 Å². The van der Waals surface area contributed by atoms with Crippen molar-refractivity contribution in [2.75, 3.05) is 6.61 Å². The lowest BCUT2D eigenvalue weighted by molar-refractivity contribution is -0.0198. The van der Waals surface area contributed by atoms with E-state index in [0.717, 1.165) is 0 Å². The first-order valence-corrected chi connectivity index (χ1v) is 7.76. The molecule has 2 bridgehead atoms. The fourth-order valence-electron chi connectivity index (χ4n) is 2.91. The Balaban J connectivity index is 2.08. The number of benzene rings is 1. The van der Waals surface area contributed by atoms with Gasteiger partial charge >= 0.3 is 0 Å². The number of aliphatic hydroxyl groups is 1. The summed E-state index contributed by atoms with van der Waals surface area (Å²) in [6.07, 6.45) is 2.54. The summed E-state index contributed by atoms with van der Waals surface area (Å²) in [5.41, 5.74) is -1.19. The Kier molecular flexibility index (Phi) is 2.94. The van der Waals surface area contributed by atoms with Gasteiger partial charge in [-0.1, -0.05) is 30.4 Å². The summed E-state index contributed by atoms with van der Waals surface area (Å²) < 4.78 is 31.0. The van der Waals surface area contributed by atoms with E-state index in [2.05, 4.69) is 0 Å². The molecule has 0 aromatic heterocycles. The van der Waals surface area contributed by atoms with Crippen molar-refractivity contribution in [2.45, 2.75) is 21.9 Å². The Labute approximate surface area is 117 Å². The number of nitriles is 1. The molecule has 2 aliphatic heterocycles. The molecule has 20 heavy (non-hydrogen) atoms. The zero-order chi connectivity index (χ0) is 14.4. The maximum atomic E-state index is 12.7. The monoisotopic (exact) mass is 291 g/mol. The number of hydrogen-bond acceptors (Lipinski definition) is 5. The molecule has 1 fully saturated rings. The van der Waals surface area contributed by atoms with Crippen molar-refractivity contribution in [3.8, 4) is 6.07 Å². The van der Waals surface area contributed by atoms with Crippen LogP contribution in [0, 0.1) is 17.2 Å². The molecule has 5 nitrogen and oxygen atoms in total. The van der Waals surface area contributed by atoms with Gasteiger partial charge in [0.2, 0.25) is 0 Å². The molecule has 0 saturated carbocycles. The SMILES string of the molecule is N#C[C@@H]1[C@@H](S(=O)(=O)c2ccccc2)[C@H]2C=C[C@]1(CO)O2. The minimum atomic E-state index is -3.69. The summed E-state index contributed by atoms with van der Waals surface area (Å²) in [7, 11) is -3.69. The molecule has 0 spiro atoms. The van der Waals surface area contributed by atoms with Gasteiger partial charge in [0.25, 0.3) is 0 Å². The molecule has 6 heteroatoms. The predicted molar refractivity (Wildman–Crippen MR) is 70.3 cm³/mol. The molecule has 1 saturated heterocycles. The molecule has 0 aliphatic carbocycles. The van der Waals surface area contributed by atoms with E-state index in [4.69, 9.17) is 4.74 Å². The first-order chi connectivity index (χ1) is 9.55. The molecule has 4 atom stereocenters. The fraction of sp³-hybridized carbons (Fsp3) is 0.357. The Morgan fingerprint density at radius 3 is 2.65 bits per heavy atom. The molecule has 0 radical (unpaired) electrons. The smallest absolute Gasteiger partial charge is 0.185 e. The number of aliphatic hydroxyl groups excluding tert-OH is 1. The average Bonchev–Trinajstić information content (AvgIpc) is 3.04. The van der Waals surface area contributed by atoms with Gasteiger partial charge in [0, 0.05) is 0 Å². The molecule has 1 N–H and O–H groups in total. The Bertz CT molecular complexity index is 692. The van der Waals surface area contributed by atoms with Crippen LogP contribution < -0.4 is 0 Å². The molecule has 1 aromatic rings. The van der Waals surface area contributed by atoms with Crippen molar-refractivity contribution in [1.29, 1.82) is 5.26 Å². The number of ether oxygens (including phenoxy) is 1. The van der Waals surface area contributed by atoms with E-state index in [9.17, 15) is 18.8 Å². The quantitative estimate of drug-likeness (QED) is 0.827. The zero-order valence-electron chi connectivity index (χ0n) is 10.5. The summed E-state index contributed by atoms with van der Waals surface area (Å²) in [6, 6.07) is 10.0. The fourth-order valence-corrected chi connectivity index (χ4v) is 4.90. The Morgan fingerprint density at radius 2 is 2.05 bits per heavy atom. The van der Waals surface area contributed by atoms with Crippen LogP contribution in [0.25, 0.3) is 0 Å². The van der Waals surface area contributed by atoms with E-state index in [1.165, 1.54) is 12.1 Å². The van der Waals surface area contributed by atoms with Gasteiger partial charge in [0.05, 0.1) is 23.7 Å². The van der Waals surface area contributed by atoms with Crippen molar-refractivity contribution in [2.24, 2.45) is 5.92 Å². The highest BCUT2D eigenvalue weighted by Gasteiger charge is 2.61. The third-order valence-corrected chi connectivity index (χ3v) is 6.10. The molecule has 2 heterocycles. The van der Waals surface area contributed by atoms with Gasteiger partial charge in [-0.05, 0) is 12.1 Å². The molecule has 0 unspecified atom stereocenters. The van der Waals surface area contributed by atoms with E-state index in [-0.39, 0.29) is 4.90 Å². The van der Waals surface area contributed by atoms with Crippen molar-refractivity contribution in [3.63, 3.8) is 0 Å². The second kappa shape index (κ2) is 4.42. The van der Waals surface area contributed by atoms with Gasteiger partial charge < -0.3 is 9.84 Å². The summed E-state index contributed by atoms with van der Waals surface area (Å²) in [5.74, 6) is -0.910. The molecule has 3 rings (SSSR count). The summed E-state index contributed by atoms with van der Waals surface area (Å²) in [6.45, 7) is -0.404. The van der Waals surface area contributed by atoms with Crippen LogP contribution in [0.1, 0.15) is 0 Å². The molecule has 1 aromatic carbocycles. The topological polar surface area (TPSA) is 87.4 Å². The first kappa shape index (κ1) is 13.3. The zero-order valence-corrected chi connectivity index (χ0v) is 11.3. The highest BCUT2D eigenvalue weighted by Crippen LogP contribution is 2.47. The highest BCUT2D eigenvalue weighted by molar-refractivity contribution is 7.92. The van der Waals surface area contributed by atoms with Crippen LogP contribution in [0.5, 0.6) is 0 Å². The maximum Gasteiger partial charge on any atom is 0.185 e. The largest absolute Gasteiger partial charge is 0.393 e. The van der Waals surface area contributed by atoms with E-state index >= 15 is 0 Å². The van der Waals surface area contributed by atoms with Crippen LogP contribution >= 0.6 is 0 Å². The number of nitrogens with zero attached hydrogens (tertiary/aromatic N) is 1. The second-order valence-electron chi connectivity index (χ2n) is 4.98. The van der Waals surface area contributed by atoms with E-state index in [1.54, 1.807) is 30.4 Å². The van der Waals surface area contributed by atoms with Gasteiger partial charge in [-0.25, -0.2) is 8.42 Å². The van der Waals surface area contributed by atoms with Crippen LogP contribution in [-0.4, -0.2) is 37.1 Å². The predicted octanol–water partition coefficient (Wildman–Crippen LogP) is 0.668. The van der Waals surface area contributed by atoms with Gasteiger partial charge in [-0.3, -0.25) is 0 Å². The van der Waals surface area contributed by atoms with Gasteiger partial charge in [0.1, 0.15) is 16.8 Å². The van der Waals surface area contributed by atoms with Crippen molar-refractivity contribution < 1.29 is 18.3 Å². The Hall–Kier alpha value is -1.68. The molecule has 0 amide bonds. The summed E-state index contributed by atoms with van der Waals surface area (Å²) in [4.78, 5) is 0.169. The normalized spacial score (nSPS) is 35.1. The molecule has 2 aliphatic rings. The Morgan fingerprint density at radius 1 is 1.35 bits per heavy atom. The summed E-state index contributed by atoms with van der Waals surface area (Å²) >= 11 is 0. The molecular formula is C14H13NO4S. The maximum absolute atomic E-state index is 12.7. The lowest BCUT2D eigenvalue weighted by Crippen LogP contribution is -2.43. The number of rotatable bonds is 3. The van der Waals surface area contributed by atoms with E-state index < -0.39 is 39.3 Å². The molecular weight excluding hydrogens is 278 g/mol. The lowest BCUT2D eigenvalue weighted by Gasteiger charge is -2.26. The molecule has 104 valence electrons. The van der Waals surface area contributed by atoms with Crippen LogP contribution in [0.4, 0.5) is 0 Å². The third kappa shape index (κ3) is 1.64. The minimum absolute atomic E-state index is 0.169. The summed E-state index contributed by atoms with van der Waals surface area (Å²) in [5, 5.41) is 17.8. The van der Waals surface area contributed by atoms with Gasteiger partial charge in [-0.2, -0.15) is 5.26 Å². The van der Waals surface area contributed by atoms with Crippen molar-refractivity contribution in [1.82, 2.24) is 0 Å². The lowest BCUT2D eigenvalue weighted by atomic mass is 9.84. The first-order valence-electron chi connectivity index (χ1n) is 6.22. The highest BCUT2D eigenvalue weighted by atomic mass is 32.2. The average molecular weight is 291 g/mol. The third-order valence-electron chi connectivity index (χ3n) is 3.92. The number of fused-ring (bicyclic) bond motifs is 2. The van der Waals surface area contributed by atoms with Crippen molar-refractivity contribution in [3.05, 3.63) is 42.5 Å². The van der Waals surface area contributed by atoms with Crippen LogP contribution in [0.3, 0.4) is 0 Å². The number of sulfone groups is 1. The standard InChI is InChI=1S/C14H13NO4S/c15-8-11-13(12-6-7-14(11,9-16)19-12)20(17,18)10-4-2-1-3-5-10/h1-7,11-13,16H,9H2/t11-,12-,13-,14-/m1/s1. The van der Waals surface area contributed by atoms with Crippen molar-refractivity contribution >= 4 is 9.84 Å².